The summed E-state index contributed by atoms with van der Waals surface area (Å²) in [5.74, 6) is 0.875. The van der Waals surface area contributed by atoms with Gasteiger partial charge in [-0.1, -0.05) is 13.8 Å². The third-order valence-electron chi connectivity index (χ3n) is 3.87. The summed E-state index contributed by atoms with van der Waals surface area (Å²) in [6, 6.07) is 3.19. The molecular weight excluding hydrogens is 310 g/mol. The Hall–Kier alpha value is -3.36. The first-order chi connectivity index (χ1) is 11.6. The zero-order valence-corrected chi connectivity index (χ0v) is 13.0. The minimum Gasteiger partial charge on any atom is -0.297 e. The molecule has 3 aromatic heterocycles. The number of hydrogen-bond donors (Lipinski definition) is 0. The molecule has 4 aromatic rings. The van der Waals surface area contributed by atoms with Crippen molar-refractivity contribution in [2.24, 2.45) is 0 Å². The average molecular weight is 323 g/mol. The van der Waals surface area contributed by atoms with Crippen molar-refractivity contribution in [3.05, 3.63) is 53.0 Å². The molecule has 0 aliphatic rings. The van der Waals surface area contributed by atoms with Gasteiger partial charge in [-0.25, -0.2) is 4.98 Å². The molecule has 0 spiro atoms. The van der Waals surface area contributed by atoms with Crippen LogP contribution in [0.1, 0.15) is 25.6 Å². The summed E-state index contributed by atoms with van der Waals surface area (Å²) >= 11 is 0. The van der Waals surface area contributed by atoms with Crippen LogP contribution in [0, 0.1) is 10.1 Å². The smallest absolute Gasteiger partial charge is 0.295 e. The molecule has 3 heterocycles. The van der Waals surface area contributed by atoms with E-state index in [9.17, 15) is 10.1 Å². The molecule has 0 N–H and O–H groups in total. The van der Waals surface area contributed by atoms with Gasteiger partial charge < -0.3 is 0 Å². The number of hydrogen-bond acceptors (Lipinski definition) is 6. The van der Waals surface area contributed by atoms with Crippen LogP contribution >= 0.6 is 0 Å². The van der Waals surface area contributed by atoms with Gasteiger partial charge in [0.15, 0.2) is 5.65 Å². The second-order valence-corrected chi connectivity index (χ2v) is 5.71. The molecule has 0 radical (unpaired) electrons. The normalized spacial score (nSPS) is 11.6. The maximum absolute atomic E-state index is 11.6. The number of nitrogens with zero attached hydrogens (tertiary/aromatic N) is 7. The molecule has 9 heteroatoms. The molecule has 0 amide bonds. The number of nitro groups is 1. The number of benzene rings is 1. The molecule has 0 unspecified atom stereocenters. The molecule has 24 heavy (non-hydrogen) atoms. The molecule has 0 bridgehead atoms. The highest BCUT2D eigenvalue weighted by atomic mass is 16.6. The second kappa shape index (κ2) is 5.08. The lowest BCUT2D eigenvalue weighted by Crippen LogP contribution is -2.06. The lowest BCUT2D eigenvalue weighted by molar-refractivity contribution is -0.384. The Labute approximate surface area is 135 Å². The molecule has 0 aliphatic carbocycles. The second-order valence-electron chi connectivity index (χ2n) is 5.71. The van der Waals surface area contributed by atoms with Crippen molar-refractivity contribution >= 4 is 22.4 Å². The van der Waals surface area contributed by atoms with Crippen LogP contribution < -0.4 is 0 Å². The maximum atomic E-state index is 11.6. The predicted octanol–water partition coefficient (Wildman–Crippen LogP) is 2.49. The summed E-state index contributed by atoms with van der Waals surface area (Å²) in [7, 11) is 0. The van der Waals surface area contributed by atoms with Crippen LogP contribution in [0.4, 0.5) is 5.69 Å². The monoisotopic (exact) mass is 323 g/mol. The van der Waals surface area contributed by atoms with Gasteiger partial charge in [-0.3, -0.25) is 24.1 Å². The molecular formula is C15H13N7O2. The fourth-order valence-corrected chi connectivity index (χ4v) is 2.78. The van der Waals surface area contributed by atoms with Crippen LogP contribution in [0.15, 0.2) is 37.1 Å². The Morgan fingerprint density at radius 1 is 1.25 bits per heavy atom. The van der Waals surface area contributed by atoms with Crippen LogP contribution in [0.25, 0.3) is 22.4 Å². The number of nitro benzene ring substituents is 1. The first-order valence-electron chi connectivity index (χ1n) is 7.37. The summed E-state index contributed by atoms with van der Waals surface area (Å²) in [5, 5.41) is 19.4. The third kappa shape index (κ3) is 2.02. The Kier molecular flexibility index (Phi) is 3.02. The van der Waals surface area contributed by atoms with E-state index >= 15 is 0 Å². The van der Waals surface area contributed by atoms with Gasteiger partial charge in [0.05, 0.1) is 22.2 Å². The zero-order valence-electron chi connectivity index (χ0n) is 13.0. The lowest BCUT2D eigenvalue weighted by atomic mass is 10.2. The van der Waals surface area contributed by atoms with Gasteiger partial charge in [0, 0.05) is 24.4 Å². The molecule has 120 valence electrons. The van der Waals surface area contributed by atoms with E-state index in [-0.39, 0.29) is 11.6 Å². The predicted molar refractivity (Wildman–Crippen MR) is 86.2 cm³/mol. The van der Waals surface area contributed by atoms with Gasteiger partial charge in [-0.2, -0.15) is 0 Å². The Balaban J connectivity index is 2.10. The first-order valence-corrected chi connectivity index (χ1v) is 7.37. The number of imidazole rings is 1. The van der Waals surface area contributed by atoms with E-state index in [0.717, 1.165) is 5.82 Å². The largest absolute Gasteiger partial charge is 0.297 e. The van der Waals surface area contributed by atoms with E-state index in [1.807, 2.05) is 13.8 Å². The quantitative estimate of drug-likeness (QED) is 0.424. The fraction of sp³-hybridized carbons (Fsp3) is 0.200. The highest BCUT2D eigenvalue weighted by Crippen LogP contribution is 2.30. The van der Waals surface area contributed by atoms with Gasteiger partial charge >= 0.3 is 0 Å². The number of fused-ring (bicyclic) bond motifs is 3. The van der Waals surface area contributed by atoms with E-state index < -0.39 is 4.92 Å². The molecule has 0 aliphatic heterocycles. The third-order valence-corrected chi connectivity index (χ3v) is 3.87. The summed E-state index contributed by atoms with van der Waals surface area (Å²) < 4.78 is 3.49. The van der Waals surface area contributed by atoms with Crippen LogP contribution in [0.5, 0.6) is 0 Å². The van der Waals surface area contributed by atoms with Gasteiger partial charge in [0.1, 0.15) is 17.8 Å². The Bertz CT molecular complexity index is 1080. The fourth-order valence-electron chi connectivity index (χ4n) is 2.78. The standard InChI is InChI=1S/C15H13N7O2/c1-9(2)15-16-3-4-20(15)12-6-11-10(5-13(12)22(23)24)17-7-14-19-18-8-21(11)14/h3-9H,1-2H3. The van der Waals surface area contributed by atoms with Crippen molar-refractivity contribution in [2.75, 3.05) is 0 Å². The van der Waals surface area contributed by atoms with Crippen molar-refractivity contribution in [3.63, 3.8) is 0 Å². The van der Waals surface area contributed by atoms with Crippen molar-refractivity contribution < 1.29 is 4.92 Å². The van der Waals surface area contributed by atoms with Crippen molar-refractivity contribution in [1.82, 2.24) is 29.1 Å². The Morgan fingerprint density at radius 3 is 2.83 bits per heavy atom. The van der Waals surface area contributed by atoms with Gasteiger partial charge in [0.25, 0.3) is 5.69 Å². The van der Waals surface area contributed by atoms with Crippen molar-refractivity contribution in [1.29, 1.82) is 0 Å². The Morgan fingerprint density at radius 2 is 2.08 bits per heavy atom. The summed E-state index contributed by atoms with van der Waals surface area (Å²) in [5.41, 5.74) is 2.20. The van der Waals surface area contributed by atoms with Crippen molar-refractivity contribution in [3.8, 4) is 5.69 Å². The molecule has 0 fully saturated rings. The molecule has 0 atom stereocenters. The van der Waals surface area contributed by atoms with Crippen LogP contribution in [0.2, 0.25) is 0 Å². The lowest BCUT2D eigenvalue weighted by Gasteiger charge is -2.12. The van der Waals surface area contributed by atoms with E-state index in [1.165, 1.54) is 12.3 Å². The maximum Gasteiger partial charge on any atom is 0.295 e. The summed E-state index contributed by atoms with van der Waals surface area (Å²) in [6.07, 6.45) is 6.46. The summed E-state index contributed by atoms with van der Waals surface area (Å²) in [4.78, 5) is 19.7. The highest BCUT2D eigenvalue weighted by molar-refractivity contribution is 5.83. The van der Waals surface area contributed by atoms with Gasteiger partial charge in [-0.15, -0.1) is 10.2 Å². The zero-order chi connectivity index (χ0) is 16.8. The highest BCUT2D eigenvalue weighted by Gasteiger charge is 2.21. The SMILES string of the molecule is CC(C)c1nccn1-c1cc2c(cc1[N+](=O)[O-])ncc1nncn12. The average Bonchev–Trinajstić information content (AvgIpc) is 3.22. The molecule has 0 saturated carbocycles. The van der Waals surface area contributed by atoms with E-state index in [1.54, 1.807) is 33.8 Å². The van der Waals surface area contributed by atoms with E-state index in [0.29, 0.717) is 22.4 Å². The molecule has 4 rings (SSSR count). The topological polar surface area (TPSA) is 104 Å². The molecule has 0 saturated heterocycles. The van der Waals surface area contributed by atoms with Gasteiger partial charge in [-0.05, 0) is 6.07 Å². The van der Waals surface area contributed by atoms with E-state index in [2.05, 4.69) is 20.2 Å². The van der Waals surface area contributed by atoms with Crippen LogP contribution in [-0.4, -0.2) is 34.1 Å². The summed E-state index contributed by atoms with van der Waals surface area (Å²) in [6.45, 7) is 3.98. The van der Waals surface area contributed by atoms with Crippen molar-refractivity contribution in [2.45, 2.75) is 19.8 Å². The molecule has 1 aromatic carbocycles. The minimum absolute atomic E-state index is 0.0256. The molecule has 9 nitrogen and oxygen atoms in total. The number of aromatic nitrogens is 6. The first kappa shape index (κ1) is 14.2. The van der Waals surface area contributed by atoms with Gasteiger partial charge in [0.2, 0.25) is 0 Å². The van der Waals surface area contributed by atoms with Crippen LogP contribution in [0.3, 0.4) is 0 Å². The number of rotatable bonds is 3. The van der Waals surface area contributed by atoms with Crippen LogP contribution in [-0.2, 0) is 0 Å². The van der Waals surface area contributed by atoms with E-state index in [4.69, 9.17) is 0 Å². The minimum atomic E-state index is -0.406.